The Balaban J connectivity index is 2.23. The molecule has 2 heteroatoms. The van der Waals surface area contributed by atoms with Crippen molar-refractivity contribution in [1.82, 2.24) is 0 Å². The monoisotopic (exact) mass is 226 g/mol. The molecule has 0 aliphatic heterocycles. The lowest BCUT2D eigenvalue weighted by Crippen LogP contribution is -2.23. The fourth-order valence-electron chi connectivity index (χ4n) is 2.17. The van der Waals surface area contributed by atoms with Crippen molar-refractivity contribution in [2.75, 3.05) is 0 Å². The van der Waals surface area contributed by atoms with Crippen LogP contribution in [0.2, 0.25) is 25.7 Å². The Kier molecular flexibility index (Phi) is 5.07. The zero-order chi connectivity index (χ0) is 11.3. The number of allylic oxidation sites excluding steroid dienone is 2. The summed E-state index contributed by atoms with van der Waals surface area (Å²) in [6, 6.07) is 1.27. The van der Waals surface area contributed by atoms with Crippen molar-refractivity contribution in [1.29, 1.82) is 0 Å². The number of rotatable bonds is 4. The van der Waals surface area contributed by atoms with Gasteiger partial charge in [-0.15, -0.1) is 0 Å². The summed E-state index contributed by atoms with van der Waals surface area (Å²) < 4.78 is 0. The molecule has 0 aromatic heterocycles. The van der Waals surface area contributed by atoms with Gasteiger partial charge in [0.2, 0.25) is 0 Å². The fraction of sp³-hybridized carbons (Fsp3) is 0.846. The van der Waals surface area contributed by atoms with E-state index in [-0.39, 0.29) is 6.10 Å². The van der Waals surface area contributed by atoms with Crippen LogP contribution in [-0.2, 0) is 0 Å². The van der Waals surface area contributed by atoms with Gasteiger partial charge in [0, 0.05) is 8.07 Å². The van der Waals surface area contributed by atoms with E-state index in [9.17, 15) is 5.11 Å². The van der Waals surface area contributed by atoms with E-state index in [2.05, 4.69) is 31.8 Å². The Morgan fingerprint density at radius 1 is 1.13 bits per heavy atom. The highest BCUT2D eigenvalue weighted by Gasteiger charge is 2.21. The SMILES string of the molecule is C[Si](C)(C)C/C=C/C[C@H]1CCCC[C@@H]1O. The highest BCUT2D eigenvalue weighted by molar-refractivity contribution is 6.76. The van der Waals surface area contributed by atoms with E-state index in [1.165, 1.54) is 25.3 Å². The van der Waals surface area contributed by atoms with Gasteiger partial charge in [-0.1, -0.05) is 44.6 Å². The van der Waals surface area contributed by atoms with Gasteiger partial charge in [0.1, 0.15) is 0 Å². The van der Waals surface area contributed by atoms with Crippen LogP contribution in [0.25, 0.3) is 0 Å². The minimum Gasteiger partial charge on any atom is -0.393 e. The summed E-state index contributed by atoms with van der Waals surface area (Å²) in [5.41, 5.74) is 0. The molecule has 1 aliphatic rings. The van der Waals surface area contributed by atoms with Crippen molar-refractivity contribution in [2.24, 2.45) is 5.92 Å². The molecule has 88 valence electrons. The minimum absolute atomic E-state index is 0.0321. The summed E-state index contributed by atoms with van der Waals surface area (Å²) in [6.45, 7) is 7.19. The lowest BCUT2D eigenvalue weighted by molar-refractivity contribution is 0.0714. The predicted molar refractivity (Wildman–Crippen MR) is 69.9 cm³/mol. The first-order chi connectivity index (χ1) is 6.99. The van der Waals surface area contributed by atoms with Crippen molar-refractivity contribution in [3.05, 3.63) is 12.2 Å². The van der Waals surface area contributed by atoms with Crippen molar-refractivity contribution in [2.45, 2.75) is 63.9 Å². The summed E-state index contributed by atoms with van der Waals surface area (Å²) in [6.07, 6.45) is 10.5. The van der Waals surface area contributed by atoms with E-state index < -0.39 is 8.07 Å². The van der Waals surface area contributed by atoms with E-state index in [0.29, 0.717) is 5.92 Å². The van der Waals surface area contributed by atoms with E-state index in [1.54, 1.807) is 0 Å². The third-order valence-corrected chi connectivity index (χ3v) is 4.67. The summed E-state index contributed by atoms with van der Waals surface area (Å²) in [5, 5.41) is 9.80. The molecule has 2 atom stereocenters. The van der Waals surface area contributed by atoms with Crippen LogP contribution in [0.1, 0.15) is 32.1 Å². The van der Waals surface area contributed by atoms with Crippen molar-refractivity contribution in [3.8, 4) is 0 Å². The maximum atomic E-state index is 9.80. The number of aliphatic hydroxyl groups is 1. The average Bonchev–Trinajstić information content (AvgIpc) is 2.13. The quantitative estimate of drug-likeness (QED) is 0.571. The Morgan fingerprint density at radius 2 is 1.80 bits per heavy atom. The molecule has 0 aromatic rings. The van der Waals surface area contributed by atoms with Crippen LogP contribution in [-0.4, -0.2) is 19.3 Å². The minimum atomic E-state index is -0.910. The molecular weight excluding hydrogens is 200 g/mol. The number of aliphatic hydroxyl groups excluding tert-OH is 1. The van der Waals surface area contributed by atoms with Crippen LogP contribution in [0.15, 0.2) is 12.2 Å². The van der Waals surface area contributed by atoms with Crippen LogP contribution < -0.4 is 0 Å². The second-order valence-corrected chi connectivity index (χ2v) is 11.6. The summed E-state index contributed by atoms with van der Waals surface area (Å²) in [4.78, 5) is 0. The van der Waals surface area contributed by atoms with E-state index in [4.69, 9.17) is 0 Å². The Morgan fingerprint density at radius 3 is 2.40 bits per heavy atom. The number of hydrogen-bond donors (Lipinski definition) is 1. The van der Waals surface area contributed by atoms with Crippen molar-refractivity contribution >= 4 is 8.07 Å². The van der Waals surface area contributed by atoms with Crippen LogP contribution in [0.3, 0.4) is 0 Å². The van der Waals surface area contributed by atoms with Crippen LogP contribution in [0.5, 0.6) is 0 Å². The topological polar surface area (TPSA) is 20.2 Å². The third-order valence-electron chi connectivity index (χ3n) is 3.20. The van der Waals surface area contributed by atoms with Gasteiger partial charge in [0.25, 0.3) is 0 Å². The highest BCUT2D eigenvalue weighted by atomic mass is 28.3. The summed E-state index contributed by atoms with van der Waals surface area (Å²) >= 11 is 0. The van der Waals surface area contributed by atoms with Crippen molar-refractivity contribution < 1.29 is 5.11 Å². The molecule has 0 aromatic carbocycles. The van der Waals surface area contributed by atoms with Gasteiger partial charge in [0.15, 0.2) is 0 Å². The summed E-state index contributed by atoms with van der Waals surface area (Å²) in [5.74, 6) is 0.539. The third kappa shape index (κ3) is 5.52. The first kappa shape index (κ1) is 13.0. The molecule has 15 heavy (non-hydrogen) atoms. The Bertz CT molecular complexity index is 205. The van der Waals surface area contributed by atoms with Gasteiger partial charge in [-0.3, -0.25) is 0 Å². The van der Waals surface area contributed by atoms with Gasteiger partial charge in [-0.2, -0.15) is 0 Å². The maximum Gasteiger partial charge on any atom is 0.0571 e. The van der Waals surface area contributed by atoms with Gasteiger partial charge >= 0.3 is 0 Å². The largest absolute Gasteiger partial charge is 0.393 e. The van der Waals surface area contributed by atoms with Gasteiger partial charge in [-0.05, 0) is 31.2 Å². The average molecular weight is 226 g/mol. The summed E-state index contributed by atoms with van der Waals surface area (Å²) in [7, 11) is -0.910. The van der Waals surface area contributed by atoms with Crippen molar-refractivity contribution in [3.63, 3.8) is 0 Å². The smallest absolute Gasteiger partial charge is 0.0571 e. The van der Waals surface area contributed by atoms with E-state index in [0.717, 1.165) is 12.8 Å². The molecule has 0 heterocycles. The maximum absolute atomic E-state index is 9.80. The second-order valence-electron chi connectivity index (χ2n) is 6.08. The molecule has 0 amide bonds. The molecule has 0 radical (unpaired) electrons. The number of hydrogen-bond acceptors (Lipinski definition) is 1. The molecule has 1 saturated carbocycles. The lowest BCUT2D eigenvalue weighted by atomic mass is 9.84. The lowest BCUT2D eigenvalue weighted by Gasteiger charge is -2.26. The van der Waals surface area contributed by atoms with Crippen LogP contribution in [0.4, 0.5) is 0 Å². The Labute approximate surface area is 95.6 Å². The molecule has 1 aliphatic carbocycles. The van der Waals surface area contributed by atoms with E-state index >= 15 is 0 Å². The molecule has 1 N–H and O–H groups in total. The first-order valence-electron chi connectivity index (χ1n) is 6.32. The molecule has 1 fully saturated rings. The second kappa shape index (κ2) is 5.85. The van der Waals surface area contributed by atoms with Gasteiger partial charge in [-0.25, -0.2) is 0 Å². The van der Waals surface area contributed by atoms with Gasteiger partial charge < -0.3 is 5.11 Å². The zero-order valence-corrected chi connectivity index (χ0v) is 11.5. The van der Waals surface area contributed by atoms with E-state index in [1.807, 2.05) is 0 Å². The normalized spacial score (nSPS) is 28.5. The molecule has 0 spiro atoms. The van der Waals surface area contributed by atoms with Crippen LogP contribution >= 0.6 is 0 Å². The fourth-order valence-corrected chi connectivity index (χ4v) is 3.04. The molecular formula is C13H26OSi. The molecule has 0 bridgehead atoms. The molecule has 0 unspecified atom stereocenters. The predicted octanol–water partition coefficient (Wildman–Crippen LogP) is 3.82. The Hall–Kier alpha value is -0.0831. The molecule has 1 rings (SSSR count). The molecule has 0 saturated heterocycles. The zero-order valence-electron chi connectivity index (χ0n) is 10.5. The first-order valence-corrected chi connectivity index (χ1v) is 10.0. The molecule has 1 nitrogen and oxygen atoms in total. The standard InChI is InChI=1S/C13H26OSi/c1-15(2,3)11-7-6-9-12-8-4-5-10-13(12)14/h6-7,12-14H,4-5,8-11H2,1-3H3/b7-6+/t12-,13+/m1/s1. The highest BCUT2D eigenvalue weighted by Crippen LogP contribution is 2.27. The van der Waals surface area contributed by atoms with Gasteiger partial charge in [0.05, 0.1) is 6.10 Å². The van der Waals surface area contributed by atoms with Crippen LogP contribution in [0, 0.1) is 5.92 Å².